The SMILES string of the molecule is CC(C)(CC(N)CO)c1ccccc1. The Balaban J connectivity index is 2.75. The number of aliphatic hydroxyl groups is 1. The molecule has 0 radical (unpaired) electrons. The molecule has 0 aliphatic heterocycles. The van der Waals surface area contributed by atoms with Crippen LogP contribution in [-0.4, -0.2) is 17.8 Å². The molecule has 0 spiro atoms. The number of benzene rings is 1. The van der Waals surface area contributed by atoms with E-state index in [1.807, 2.05) is 18.2 Å². The first kappa shape index (κ1) is 11.2. The lowest BCUT2D eigenvalue weighted by Crippen LogP contribution is -2.33. The molecule has 2 heteroatoms. The third-order valence-corrected chi connectivity index (χ3v) is 2.56. The van der Waals surface area contributed by atoms with E-state index in [1.165, 1.54) is 5.56 Å². The standard InChI is InChI=1S/C12H19NO/c1-12(2,8-11(13)9-14)10-6-4-3-5-7-10/h3-7,11,14H,8-9,13H2,1-2H3. The summed E-state index contributed by atoms with van der Waals surface area (Å²) in [4.78, 5) is 0. The predicted molar refractivity (Wildman–Crippen MR) is 59.1 cm³/mol. The molecule has 1 aromatic rings. The fourth-order valence-electron chi connectivity index (χ4n) is 1.73. The molecule has 0 bridgehead atoms. The average Bonchev–Trinajstić information content (AvgIpc) is 2.18. The van der Waals surface area contributed by atoms with Gasteiger partial charge in [0.1, 0.15) is 0 Å². The fourth-order valence-corrected chi connectivity index (χ4v) is 1.73. The number of hydrogen-bond donors (Lipinski definition) is 2. The summed E-state index contributed by atoms with van der Waals surface area (Å²) in [5, 5.41) is 8.92. The first-order valence-corrected chi connectivity index (χ1v) is 4.98. The lowest BCUT2D eigenvalue weighted by Gasteiger charge is -2.27. The molecule has 0 amide bonds. The second-order valence-corrected chi connectivity index (χ2v) is 4.40. The van der Waals surface area contributed by atoms with Crippen molar-refractivity contribution in [2.24, 2.45) is 5.73 Å². The van der Waals surface area contributed by atoms with Gasteiger partial charge in [0.05, 0.1) is 6.61 Å². The normalized spacial score (nSPS) is 14.0. The van der Waals surface area contributed by atoms with Crippen LogP contribution in [0.25, 0.3) is 0 Å². The molecule has 1 aromatic carbocycles. The quantitative estimate of drug-likeness (QED) is 0.764. The average molecular weight is 193 g/mol. The van der Waals surface area contributed by atoms with Crippen molar-refractivity contribution >= 4 is 0 Å². The van der Waals surface area contributed by atoms with E-state index < -0.39 is 0 Å². The molecule has 2 nitrogen and oxygen atoms in total. The van der Waals surface area contributed by atoms with E-state index in [0.717, 1.165) is 6.42 Å². The Bertz CT molecular complexity index is 269. The Kier molecular flexibility index (Phi) is 3.67. The Labute approximate surface area is 85.8 Å². The van der Waals surface area contributed by atoms with Crippen molar-refractivity contribution in [3.05, 3.63) is 35.9 Å². The van der Waals surface area contributed by atoms with Gasteiger partial charge in [-0.05, 0) is 17.4 Å². The summed E-state index contributed by atoms with van der Waals surface area (Å²) in [6.45, 7) is 4.35. The minimum absolute atomic E-state index is 0.0312. The molecule has 14 heavy (non-hydrogen) atoms. The number of rotatable bonds is 4. The van der Waals surface area contributed by atoms with E-state index in [-0.39, 0.29) is 18.1 Å². The van der Waals surface area contributed by atoms with E-state index >= 15 is 0 Å². The van der Waals surface area contributed by atoms with E-state index in [2.05, 4.69) is 26.0 Å². The van der Waals surface area contributed by atoms with Crippen LogP contribution in [-0.2, 0) is 5.41 Å². The molecule has 1 rings (SSSR count). The smallest absolute Gasteiger partial charge is 0.0582 e. The highest BCUT2D eigenvalue weighted by atomic mass is 16.3. The van der Waals surface area contributed by atoms with E-state index in [4.69, 9.17) is 10.8 Å². The summed E-state index contributed by atoms with van der Waals surface area (Å²) >= 11 is 0. The van der Waals surface area contributed by atoms with Crippen molar-refractivity contribution in [2.45, 2.75) is 31.7 Å². The third-order valence-electron chi connectivity index (χ3n) is 2.56. The van der Waals surface area contributed by atoms with E-state index in [9.17, 15) is 0 Å². The van der Waals surface area contributed by atoms with Gasteiger partial charge >= 0.3 is 0 Å². The molecule has 0 aromatic heterocycles. The van der Waals surface area contributed by atoms with Crippen molar-refractivity contribution in [2.75, 3.05) is 6.61 Å². The van der Waals surface area contributed by atoms with Crippen LogP contribution < -0.4 is 5.73 Å². The monoisotopic (exact) mass is 193 g/mol. The fraction of sp³-hybridized carbons (Fsp3) is 0.500. The maximum absolute atomic E-state index is 8.92. The topological polar surface area (TPSA) is 46.2 Å². The van der Waals surface area contributed by atoms with Crippen LogP contribution in [0.15, 0.2) is 30.3 Å². The van der Waals surface area contributed by atoms with Crippen molar-refractivity contribution in [3.8, 4) is 0 Å². The van der Waals surface area contributed by atoms with Gasteiger partial charge in [0.2, 0.25) is 0 Å². The molecule has 0 aliphatic rings. The Morgan fingerprint density at radius 2 is 1.86 bits per heavy atom. The molecular weight excluding hydrogens is 174 g/mol. The van der Waals surface area contributed by atoms with Gasteiger partial charge in [-0.25, -0.2) is 0 Å². The molecule has 78 valence electrons. The molecule has 0 aliphatic carbocycles. The van der Waals surface area contributed by atoms with Crippen LogP contribution in [0.4, 0.5) is 0 Å². The van der Waals surface area contributed by atoms with Gasteiger partial charge in [0.25, 0.3) is 0 Å². The van der Waals surface area contributed by atoms with Crippen molar-refractivity contribution in [3.63, 3.8) is 0 Å². The Morgan fingerprint density at radius 3 is 2.36 bits per heavy atom. The van der Waals surface area contributed by atoms with Crippen molar-refractivity contribution < 1.29 is 5.11 Å². The highest BCUT2D eigenvalue weighted by molar-refractivity contribution is 5.23. The predicted octanol–water partition coefficient (Wildman–Crippen LogP) is 1.67. The minimum atomic E-state index is -0.134. The maximum atomic E-state index is 8.92. The van der Waals surface area contributed by atoms with Gasteiger partial charge in [0, 0.05) is 6.04 Å². The molecule has 1 unspecified atom stereocenters. The van der Waals surface area contributed by atoms with Crippen LogP contribution in [0.2, 0.25) is 0 Å². The van der Waals surface area contributed by atoms with Crippen molar-refractivity contribution in [1.82, 2.24) is 0 Å². The molecule has 3 N–H and O–H groups in total. The molecule has 0 heterocycles. The molecular formula is C12H19NO. The van der Waals surface area contributed by atoms with Crippen LogP contribution in [0.3, 0.4) is 0 Å². The molecule has 0 saturated heterocycles. The largest absolute Gasteiger partial charge is 0.395 e. The Morgan fingerprint density at radius 1 is 1.29 bits per heavy atom. The molecule has 1 atom stereocenters. The zero-order valence-electron chi connectivity index (χ0n) is 8.90. The summed E-state index contributed by atoms with van der Waals surface area (Å²) in [7, 11) is 0. The minimum Gasteiger partial charge on any atom is -0.395 e. The molecule has 0 saturated carbocycles. The zero-order valence-corrected chi connectivity index (χ0v) is 8.90. The van der Waals surface area contributed by atoms with Crippen LogP contribution in [0.5, 0.6) is 0 Å². The maximum Gasteiger partial charge on any atom is 0.0582 e. The second kappa shape index (κ2) is 4.58. The zero-order chi connectivity index (χ0) is 10.6. The van der Waals surface area contributed by atoms with Gasteiger partial charge < -0.3 is 10.8 Å². The van der Waals surface area contributed by atoms with Crippen molar-refractivity contribution in [1.29, 1.82) is 0 Å². The highest BCUT2D eigenvalue weighted by Gasteiger charge is 2.22. The lowest BCUT2D eigenvalue weighted by atomic mass is 9.79. The Hall–Kier alpha value is -0.860. The second-order valence-electron chi connectivity index (χ2n) is 4.40. The summed E-state index contributed by atoms with van der Waals surface area (Å²) < 4.78 is 0. The van der Waals surface area contributed by atoms with Gasteiger partial charge in [-0.15, -0.1) is 0 Å². The summed E-state index contributed by atoms with van der Waals surface area (Å²) in [5.41, 5.74) is 7.05. The van der Waals surface area contributed by atoms with Crippen LogP contribution in [0.1, 0.15) is 25.8 Å². The van der Waals surface area contributed by atoms with Gasteiger partial charge in [-0.2, -0.15) is 0 Å². The highest BCUT2D eigenvalue weighted by Crippen LogP contribution is 2.27. The van der Waals surface area contributed by atoms with Gasteiger partial charge in [0.15, 0.2) is 0 Å². The summed E-state index contributed by atoms with van der Waals surface area (Å²) in [5.74, 6) is 0. The third kappa shape index (κ3) is 2.82. The van der Waals surface area contributed by atoms with Crippen LogP contribution >= 0.6 is 0 Å². The molecule has 0 fully saturated rings. The number of nitrogens with two attached hydrogens (primary N) is 1. The van der Waals surface area contributed by atoms with E-state index in [1.54, 1.807) is 0 Å². The number of hydrogen-bond acceptors (Lipinski definition) is 2. The lowest BCUT2D eigenvalue weighted by molar-refractivity contribution is 0.241. The first-order valence-electron chi connectivity index (χ1n) is 4.98. The summed E-state index contributed by atoms with van der Waals surface area (Å²) in [6, 6.07) is 10.1. The van der Waals surface area contributed by atoms with E-state index in [0.29, 0.717) is 0 Å². The first-order chi connectivity index (χ1) is 6.56. The van der Waals surface area contributed by atoms with Gasteiger partial charge in [-0.1, -0.05) is 44.2 Å². The summed E-state index contributed by atoms with van der Waals surface area (Å²) in [6.07, 6.45) is 0.799. The van der Waals surface area contributed by atoms with Crippen LogP contribution in [0, 0.1) is 0 Å². The van der Waals surface area contributed by atoms with Gasteiger partial charge in [-0.3, -0.25) is 0 Å². The number of aliphatic hydroxyl groups excluding tert-OH is 1.